The fourth-order valence-electron chi connectivity index (χ4n) is 2.48. The number of hydrogen-bond donors (Lipinski definition) is 2. The summed E-state index contributed by atoms with van der Waals surface area (Å²) in [5.74, 6) is 0.163. The second-order valence-electron chi connectivity index (χ2n) is 5.54. The summed E-state index contributed by atoms with van der Waals surface area (Å²) < 4.78 is 65.4. The highest BCUT2D eigenvalue weighted by Crippen LogP contribution is 2.33. The van der Waals surface area contributed by atoms with E-state index in [0.29, 0.717) is 12.6 Å². The minimum absolute atomic E-state index is 0.00271. The van der Waals surface area contributed by atoms with E-state index in [2.05, 4.69) is 10.0 Å². The van der Waals surface area contributed by atoms with Crippen LogP contribution in [0, 0.1) is 12.8 Å². The van der Waals surface area contributed by atoms with Crippen molar-refractivity contribution in [2.45, 2.75) is 30.8 Å². The molecule has 0 spiro atoms. The number of sulfonamides is 1. The maximum absolute atomic E-state index is 12.9. The zero-order valence-corrected chi connectivity index (χ0v) is 13.0. The molecule has 8 heteroatoms. The summed E-state index contributed by atoms with van der Waals surface area (Å²) in [5.41, 5.74) is -0.919. The molecule has 1 heterocycles. The molecular formula is C14H19F3N2O2S. The van der Waals surface area contributed by atoms with Crippen molar-refractivity contribution in [3.8, 4) is 0 Å². The Hall–Kier alpha value is -1.12. The summed E-state index contributed by atoms with van der Waals surface area (Å²) in [5, 5.41) is 3.16. The average Bonchev–Trinajstić information content (AvgIpc) is 2.45. The molecule has 2 rings (SSSR count). The molecule has 0 bridgehead atoms. The molecule has 124 valence electrons. The topological polar surface area (TPSA) is 58.2 Å². The van der Waals surface area contributed by atoms with Gasteiger partial charge >= 0.3 is 6.18 Å². The molecule has 1 aromatic rings. The van der Waals surface area contributed by atoms with Crippen LogP contribution in [0.2, 0.25) is 0 Å². The minimum atomic E-state index is -4.57. The first-order valence-electron chi connectivity index (χ1n) is 7.08. The van der Waals surface area contributed by atoms with E-state index in [1.54, 1.807) is 0 Å². The van der Waals surface area contributed by atoms with E-state index in [1.165, 1.54) is 19.1 Å². The van der Waals surface area contributed by atoms with Crippen LogP contribution in [-0.2, 0) is 16.2 Å². The van der Waals surface area contributed by atoms with Gasteiger partial charge in [0.05, 0.1) is 10.5 Å². The first-order valence-corrected chi connectivity index (χ1v) is 8.57. The molecule has 0 aromatic heterocycles. The van der Waals surface area contributed by atoms with Gasteiger partial charge in [-0.3, -0.25) is 0 Å². The Kier molecular flexibility index (Phi) is 5.14. The van der Waals surface area contributed by atoms with Gasteiger partial charge in [-0.25, -0.2) is 13.1 Å². The molecule has 1 unspecified atom stereocenters. The smallest absolute Gasteiger partial charge is 0.316 e. The lowest BCUT2D eigenvalue weighted by atomic mass is 10.0. The predicted octanol–water partition coefficient (Wildman–Crippen LogP) is 2.29. The van der Waals surface area contributed by atoms with Crippen LogP contribution in [0.3, 0.4) is 0 Å². The molecule has 0 amide bonds. The van der Waals surface area contributed by atoms with Crippen LogP contribution in [0.15, 0.2) is 23.1 Å². The third-order valence-electron chi connectivity index (χ3n) is 3.79. The molecule has 1 atom stereocenters. The first kappa shape index (κ1) is 17.2. The summed E-state index contributed by atoms with van der Waals surface area (Å²) >= 11 is 0. The summed E-state index contributed by atoms with van der Waals surface area (Å²) in [7, 11) is -3.94. The molecule has 4 nitrogen and oxygen atoms in total. The number of hydrogen-bond acceptors (Lipinski definition) is 3. The molecule has 1 aliphatic heterocycles. The number of benzene rings is 1. The Morgan fingerprint density at radius 1 is 1.36 bits per heavy atom. The van der Waals surface area contributed by atoms with E-state index < -0.39 is 21.8 Å². The predicted molar refractivity (Wildman–Crippen MR) is 77.0 cm³/mol. The van der Waals surface area contributed by atoms with Crippen LogP contribution in [0.25, 0.3) is 0 Å². The zero-order chi connectivity index (χ0) is 16.4. The number of nitrogens with one attached hydrogen (secondary N) is 2. The van der Waals surface area contributed by atoms with Gasteiger partial charge in [-0.1, -0.05) is 6.07 Å². The fourth-order valence-corrected chi connectivity index (χ4v) is 3.62. The number of halogens is 3. The first-order chi connectivity index (χ1) is 10.2. The second-order valence-corrected chi connectivity index (χ2v) is 7.31. The van der Waals surface area contributed by atoms with E-state index in [1.807, 2.05) is 0 Å². The van der Waals surface area contributed by atoms with Crippen LogP contribution < -0.4 is 10.0 Å². The molecule has 0 radical (unpaired) electrons. The van der Waals surface area contributed by atoms with Gasteiger partial charge < -0.3 is 5.32 Å². The van der Waals surface area contributed by atoms with Crippen molar-refractivity contribution in [2.24, 2.45) is 5.92 Å². The Morgan fingerprint density at radius 3 is 2.68 bits per heavy atom. The van der Waals surface area contributed by atoms with E-state index in [4.69, 9.17) is 0 Å². The van der Waals surface area contributed by atoms with Gasteiger partial charge in [0.15, 0.2) is 0 Å². The maximum Gasteiger partial charge on any atom is 0.416 e. The van der Waals surface area contributed by atoms with E-state index >= 15 is 0 Å². The summed E-state index contributed by atoms with van der Waals surface area (Å²) in [6.45, 7) is 3.16. The minimum Gasteiger partial charge on any atom is -0.316 e. The van der Waals surface area contributed by atoms with Crippen molar-refractivity contribution in [1.29, 1.82) is 0 Å². The molecule has 22 heavy (non-hydrogen) atoms. The lowest BCUT2D eigenvalue weighted by Gasteiger charge is -2.23. The second kappa shape index (κ2) is 6.55. The van der Waals surface area contributed by atoms with Crippen molar-refractivity contribution >= 4 is 10.0 Å². The van der Waals surface area contributed by atoms with Crippen LogP contribution in [0.4, 0.5) is 13.2 Å². The highest BCUT2D eigenvalue weighted by atomic mass is 32.2. The van der Waals surface area contributed by atoms with Crippen LogP contribution in [-0.4, -0.2) is 28.1 Å². The van der Waals surface area contributed by atoms with Crippen molar-refractivity contribution in [1.82, 2.24) is 10.0 Å². The van der Waals surface area contributed by atoms with Gasteiger partial charge in [-0.2, -0.15) is 13.2 Å². The van der Waals surface area contributed by atoms with Crippen molar-refractivity contribution in [3.05, 3.63) is 29.3 Å². The van der Waals surface area contributed by atoms with E-state index in [-0.39, 0.29) is 22.9 Å². The Bertz CT molecular complexity index is 623. The lowest BCUT2D eigenvalue weighted by Crippen LogP contribution is -2.38. The van der Waals surface area contributed by atoms with Crippen molar-refractivity contribution in [3.63, 3.8) is 0 Å². The molecule has 1 aliphatic rings. The normalized spacial score (nSPS) is 20.1. The Morgan fingerprint density at radius 2 is 2.09 bits per heavy atom. The molecular weight excluding hydrogens is 317 g/mol. The highest BCUT2D eigenvalue weighted by Gasteiger charge is 2.33. The zero-order valence-electron chi connectivity index (χ0n) is 12.2. The van der Waals surface area contributed by atoms with Crippen LogP contribution >= 0.6 is 0 Å². The molecule has 2 N–H and O–H groups in total. The number of piperidine rings is 1. The standard InChI is InChI=1S/C14H19F3N2O2S/c1-10-4-5-12(7-13(10)14(15,16)17)22(20,21)19-9-11-3-2-6-18-8-11/h4-5,7,11,18-19H,2-3,6,8-9H2,1H3. The summed E-state index contributed by atoms with van der Waals surface area (Å²) in [6, 6.07) is 3.07. The number of aryl methyl sites for hydroxylation is 1. The average molecular weight is 336 g/mol. The third-order valence-corrected chi connectivity index (χ3v) is 5.21. The largest absolute Gasteiger partial charge is 0.416 e. The lowest BCUT2D eigenvalue weighted by molar-refractivity contribution is -0.138. The molecule has 1 saturated heterocycles. The Balaban J connectivity index is 2.15. The van der Waals surface area contributed by atoms with Crippen molar-refractivity contribution in [2.75, 3.05) is 19.6 Å². The van der Waals surface area contributed by atoms with Gasteiger partial charge in [0.1, 0.15) is 0 Å². The van der Waals surface area contributed by atoms with Gasteiger partial charge in [-0.15, -0.1) is 0 Å². The maximum atomic E-state index is 12.9. The summed E-state index contributed by atoms with van der Waals surface area (Å²) in [4.78, 5) is -0.353. The summed E-state index contributed by atoms with van der Waals surface area (Å²) in [6.07, 6.45) is -2.70. The highest BCUT2D eigenvalue weighted by molar-refractivity contribution is 7.89. The SMILES string of the molecule is Cc1ccc(S(=O)(=O)NCC2CCCNC2)cc1C(F)(F)F. The molecule has 1 aromatic carbocycles. The van der Waals surface area contributed by atoms with Gasteiger partial charge in [0.25, 0.3) is 0 Å². The molecule has 0 aliphatic carbocycles. The quantitative estimate of drug-likeness (QED) is 0.887. The van der Waals surface area contributed by atoms with Gasteiger partial charge in [0, 0.05) is 6.54 Å². The van der Waals surface area contributed by atoms with Gasteiger partial charge in [-0.05, 0) is 56.5 Å². The third kappa shape index (κ3) is 4.21. The van der Waals surface area contributed by atoms with E-state index in [9.17, 15) is 21.6 Å². The molecule has 0 saturated carbocycles. The number of alkyl halides is 3. The molecule has 1 fully saturated rings. The van der Waals surface area contributed by atoms with Crippen LogP contribution in [0.5, 0.6) is 0 Å². The van der Waals surface area contributed by atoms with Crippen LogP contribution in [0.1, 0.15) is 24.0 Å². The van der Waals surface area contributed by atoms with Crippen molar-refractivity contribution < 1.29 is 21.6 Å². The Labute approximate surface area is 128 Å². The number of rotatable bonds is 4. The monoisotopic (exact) mass is 336 g/mol. The van der Waals surface area contributed by atoms with Gasteiger partial charge in [0.2, 0.25) is 10.0 Å². The van der Waals surface area contributed by atoms with E-state index in [0.717, 1.165) is 19.4 Å². The fraction of sp³-hybridized carbons (Fsp3) is 0.571.